The van der Waals surface area contributed by atoms with Crippen molar-refractivity contribution in [2.24, 2.45) is 16.8 Å². The molecule has 0 aliphatic heterocycles. The first-order valence-electron chi connectivity index (χ1n) is 4.61. The lowest BCUT2D eigenvalue weighted by molar-refractivity contribution is -0.118. The summed E-state index contributed by atoms with van der Waals surface area (Å²) in [6, 6.07) is 0. The fourth-order valence-corrected chi connectivity index (χ4v) is 1.98. The van der Waals surface area contributed by atoms with Gasteiger partial charge in [0.2, 0.25) is 0 Å². The second kappa shape index (κ2) is 6.14. The second-order valence-corrected chi connectivity index (χ2v) is 5.80. The van der Waals surface area contributed by atoms with Crippen LogP contribution in [0.15, 0.2) is 5.18 Å². The highest BCUT2D eigenvalue weighted by Gasteiger charge is 2.23. The summed E-state index contributed by atoms with van der Waals surface area (Å²) in [5.41, 5.74) is 5.48. The fraction of sp³-hybridized carbons (Fsp3) is 0.889. The molecule has 2 N–H and O–H groups in total. The molecule has 0 bridgehead atoms. The summed E-state index contributed by atoms with van der Waals surface area (Å²) in [5, 5.41) is 2.39. The molecule has 0 fully saturated rings. The lowest BCUT2D eigenvalue weighted by Gasteiger charge is -2.23. The summed E-state index contributed by atoms with van der Waals surface area (Å²) in [6.07, 6.45) is 0.193. The molecule has 0 saturated carbocycles. The summed E-state index contributed by atoms with van der Waals surface area (Å²) >= 11 is 1.66. The first kappa shape index (κ1) is 13.6. The number of hydrogen-bond acceptors (Lipinski definition) is 4. The van der Waals surface area contributed by atoms with Crippen LogP contribution in [0.2, 0.25) is 0 Å². The molecule has 14 heavy (non-hydrogen) atoms. The van der Waals surface area contributed by atoms with Gasteiger partial charge >= 0.3 is 0 Å². The third kappa shape index (κ3) is 6.10. The molecule has 0 aromatic heterocycles. The molecule has 1 atom stereocenters. The largest absolute Gasteiger partial charge is 0.330 e. The highest BCUT2D eigenvalue weighted by atomic mass is 32.2. The van der Waals surface area contributed by atoms with Gasteiger partial charge in [-0.25, -0.2) is 0 Å². The lowest BCUT2D eigenvalue weighted by atomic mass is 10.1. The van der Waals surface area contributed by atoms with E-state index >= 15 is 0 Å². The van der Waals surface area contributed by atoms with E-state index in [1.807, 2.05) is 13.8 Å². The smallest absolute Gasteiger partial charge is 0.287 e. The Morgan fingerprint density at radius 1 is 1.57 bits per heavy atom. The normalized spacial score (nSPS) is 13.7. The van der Waals surface area contributed by atoms with Crippen molar-refractivity contribution in [1.82, 2.24) is 0 Å². The van der Waals surface area contributed by atoms with Crippen LogP contribution in [-0.2, 0) is 4.79 Å². The zero-order valence-electron chi connectivity index (χ0n) is 8.95. The number of rotatable bonds is 6. The fourth-order valence-electron chi connectivity index (χ4n) is 0.883. The standard InChI is InChI=1S/C9H18N2O2S/c1-7(5-10)6-14-9(2,3)4-8(12)11-13/h7H,4-6,10H2,1-3H3. The summed E-state index contributed by atoms with van der Waals surface area (Å²) in [7, 11) is 0. The molecule has 5 heteroatoms. The van der Waals surface area contributed by atoms with Crippen LogP contribution in [0.1, 0.15) is 27.2 Å². The highest BCUT2D eigenvalue weighted by molar-refractivity contribution is 8.00. The predicted molar refractivity (Wildman–Crippen MR) is 60.2 cm³/mol. The molecule has 0 rings (SSSR count). The zero-order chi connectivity index (χ0) is 11.2. The quantitative estimate of drug-likeness (QED) is 0.690. The number of thioether (sulfide) groups is 1. The molecular weight excluding hydrogens is 200 g/mol. The Labute approximate surface area is 89.0 Å². The molecule has 0 radical (unpaired) electrons. The van der Waals surface area contributed by atoms with Crippen LogP contribution in [0.25, 0.3) is 0 Å². The van der Waals surface area contributed by atoms with E-state index in [1.165, 1.54) is 0 Å². The van der Waals surface area contributed by atoms with Gasteiger partial charge in [0.05, 0.1) is 0 Å². The zero-order valence-corrected chi connectivity index (χ0v) is 9.76. The summed E-state index contributed by atoms with van der Waals surface area (Å²) in [5.74, 6) is 0.747. The van der Waals surface area contributed by atoms with Crippen LogP contribution in [0, 0.1) is 10.8 Å². The minimum Gasteiger partial charge on any atom is -0.330 e. The average molecular weight is 218 g/mol. The van der Waals surface area contributed by atoms with Crippen LogP contribution in [0.4, 0.5) is 0 Å². The minimum atomic E-state index is -0.581. The maximum atomic E-state index is 10.8. The number of carbonyl (C=O) groups is 1. The van der Waals surface area contributed by atoms with Crippen LogP contribution < -0.4 is 5.73 Å². The van der Waals surface area contributed by atoms with Crippen LogP contribution >= 0.6 is 11.8 Å². The minimum absolute atomic E-state index is 0.193. The van der Waals surface area contributed by atoms with E-state index < -0.39 is 5.91 Å². The van der Waals surface area contributed by atoms with E-state index in [4.69, 9.17) is 5.73 Å². The van der Waals surface area contributed by atoms with E-state index in [2.05, 4.69) is 12.1 Å². The second-order valence-electron chi connectivity index (χ2n) is 4.07. The molecule has 1 amide bonds. The van der Waals surface area contributed by atoms with Gasteiger partial charge in [-0.05, 0) is 18.2 Å². The molecule has 0 spiro atoms. The van der Waals surface area contributed by atoms with Crippen molar-refractivity contribution < 1.29 is 4.79 Å². The van der Waals surface area contributed by atoms with Gasteiger partial charge in [-0.2, -0.15) is 11.8 Å². The molecule has 0 aromatic carbocycles. The molecule has 0 aliphatic rings. The van der Waals surface area contributed by atoms with Gasteiger partial charge in [-0.3, -0.25) is 4.79 Å². The highest BCUT2D eigenvalue weighted by Crippen LogP contribution is 2.29. The SMILES string of the molecule is CC(CN)CSC(C)(C)CC(=O)N=O. The Morgan fingerprint density at radius 3 is 2.57 bits per heavy atom. The van der Waals surface area contributed by atoms with E-state index in [1.54, 1.807) is 11.8 Å². The topological polar surface area (TPSA) is 72.5 Å². The maximum absolute atomic E-state index is 10.8. The molecular formula is C9H18N2O2S. The van der Waals surface area contributed by atoms with Crippen LogP contribution in [0.3, 0.4) is 0 Å². The Kier molecular flexibility index (Phi) is 5.95. The summed E-state index contributed by atoms with van der Waals surface area (Å²) in [6.45, 7) is 6.57. The van der Waals surface area contributed by atoms with Crippen molar-refractivity contribution in [3.05, 3.63) is 4.91 Å². The molecule has 0 saturated heterocycles. The number of amides is 1. The van der Waals surface area contributed by atoms with Gasteiger partial charge in [0.15, 0.2) is 0 Å². The van der Waals surface area contributed by atoms with Gasteiger partial charge in [0, 0.05) is 16.3 Å². The predicted octanol–water partition coefficient (Wildman–Crippen LogP) is 1.78. The van der Waals surface area contributed by atoms with Gasteiger partial charge in [-0.1, -0.05) is 20.8 Å². The van der Waals surface area contributed by atoms with Crippen molar-refractivity contribution in [2.75, 3.05) is 12.3 Å². The van der Waals surface area contributed by atoms with E-state index in [-0.39, 0.29) is 11.2 Å². The average Bonchev–Trinajstić information content (AvgIpc) is 2.13. The number of hydrogen-bond donors (Lipinski definition) is 1. The molecule has 1 unspecified atom stereocenters. The molecule has 4 nitrogen and oxygen atoms in total. The van der Waals surface area contributed by atoms with Gasteiger partial charge < -0.3 is 5.73 Å². The number of nitrogens with zero attached hydrogens (tertiary/aromatic N) is 1. The Hall–Kier alpha value is -0.420. The Balaban J connectivity index is 3.94. The van der Waals surface area contributed by atoms with E-state index in [0.717, 1.165) is 5.75 Å². The van der Waals surface area contributed by atoms with Crippen molar-refractivity contribution >= 4 is 17.7 Å². The summed E-state index contributed by atoms with van der Waals surface area (Å²) in [4.78, 5) is 20.8. The molecule has 82 valence electrons. The van der Waals surface area contributed by atoms with Gasteiger partial charge in [0.1, 0.15) is 0 Å². The molecule has 0 aliphatic carbocycles. The Bertz CT molecular complexity index is 207. The van der Waals surface area contributed by atoms with Crippen molar-refractivity contribution in [1.29, 1.82) is 0 Å². The first-order valence-corrected chi connectivity index (χ1v) is 5.60. The lowest BCUT2D eigenvalue weighted by Crippen LogP contribution is -2.22. The van der Waals surface area contributed by atoms with Crippen LogP contribution in [0.5, 0.6) is 0 Å². The monoisotopic (exact) mass is 218 g/mol. The van der Waals surface area contributed by atoms with Crippen molar-refractivity contribution in [3.8, 4) is 0 Å². The maximum Gasteiger partial charge on any atom is 0.287 e. The van der Waals surface area contributed by atoms with E-state index in [0.29, 0.717) is 12.5 Å². The van der Waals surface area contributed by atoms with Crippen molar-refractivity contribution in [2.45, 2.75) is 31.9 Å². The number of carbonyl (C=O) groups excluding carboxylic acids is 1. The van der Waals surface area contributed by atoms with E-state index in [9.17, 15) is 9.70 Å². The van der Waals surface area contributed by atoms with Crippen molar-refractivity contribution in [3.63, 3.8) is 0 Å². The summed E-state index contributed by atoms with van der Waals surface area (Å²) < 4.78 is -0.228. The molecule has 0 heterocycles. The third-order valence-electron chi connectivity index (χ3n) is 1.84. The molecule has 0 aromatic rings. The number of nitroso groups, excluding NO2 is 1. The van der Waals surface area contributed by atoms with Gasteiger partial charge in [-0.15, -0.1) is 4.91 Å². The van der Waals surface area contributed by atoms with Gasteiger partial charge in [0.25, 0.3) is 5.91 Å². The third-order valence-corrected chi connectivity index (χ3v) is 3.50. The Morgan fingerprint density at radius 2 is 2.14 bits per heavy atom. The first-order chi connectivity index (χ1) is 6.41. The van der Waals surface area contributed by atoms with Crippen LogP contribution in [-0.4, -0.2) is 23.0 Å². The number of nitrogens with two attached hydrogens (primary N) is 1.